The molecule has 2 N–H and O–H groups in total. The van der Waals surface area contributed by atoms with E-state index in [0.29, 0.717) is 6.42 Å². The topological polar surface area (TPSA) is 43.1 Å². The first-order chi connectivity index (χ1) is 4.27. The second-order valence-electron chi connectivity index (χ2n) is 1.56. The molecule has 0 aromatic carbocycles. The van der Waals surface area contributed by atoms with E-state index in [4.69, 9.17) is 5.73 Å². The zero-order valence-corrected chi connectivity index (χ0v) is 7.06. The fourth-order valence-electron chi connectivity index (χ4n) is 0.389. The largest absolute Gasteiger partial charge is 0.370 e. The highest BCUT2D eigenvalue weighted by molar-refractivity contribution is 8.76. The molecule has 0 atom stereocenters. The van der Waals surface area contributed by atoms with Crippen molar-refractivity contribution in [3.63, 3.8) is 0 Å². The minimum Gasteiger partial charge on any atom is -0.370 e. The zero-order chi connectivity index (χ0) is 7.11. The van der Waals surface area contributed by atoms with Crippen molar-refractivity contribution in [2.45, 2.75) is 12.8 Å². The summed E-state index contributed by atoms with van der Waals surface area (Å²) in [5.74, 6) is 0.820. The van der Waals surface area contributed by atoms with Gasteiger partial charge in [0.05, 0.1) is 0 Å². The van der Waals surface area contributed by atoms with E-state index in [2.05, 4.69) is 0 Å². The molecule has 0 unspecified atom stereocenters. The predicted molar refractivity (Wildman–Crippen MR) is 44.4 cm³/mol. The molecule has 1 amide bonds. The fraction of sp³-hybridized carbons (Fsp3) is 0.800. The molecular weight excluding hydrogens is 154 g/mol. The number of amides is 1. The van der Waals surface area contributed by atoms with Crippen LogP contribution >= 0.6 is 21.6 Å². The van der Waals surface area contributed by atoms with Crippen molar-refractivity contribution in [3.05, 3.63) is 0 Å². The summed E-state index contributed by atoms with van der Waals surface area (Å²) in [6.07, 6.45) is 3.45. The molecule has 0 spiro atoms. The molecular formula is C5H11NOS2. The number of rotatable bonds is 5. The molecule has 54 valence electrons. The SMILES string of the molecule is CSSCCCC(N)=O. The third kappa shape index (κ3) is 8.17. The smallest absolute Gasteiger partial charge is 0.217 e. The summed E-state index contributed by atoms with van der Waals surface area (Å²) in [7, 11) is 3.48. The van der Waals surface area contributed by atoms with Gasteiger partial charge in [-0.15, -0.1) is 0 Å². The number of hydrogen-bond donors (Lipinski definition) is 1. The van der Waals surface area contributed by atoms with Crippen molar-refractivity contribution in [1.29, 1.82) is 0 Å². The third-order valence-electron chi connectivity index (χ3n) is 0.769. The first-order valence-corrected chi connectivity index (χ1v) is 5.44. The highest BCUT2D eigenvalue weighted by Gasteiger charge is 1.92. The summed E-state index contributed by atoms with van der Waals surface area (Å²) in [6, 6.07) is 0. The van der Waals surface area contributed by atoms with Crippen LogP contribution in [-0.2, 0) is 4.79 Å². The standard InChI is InChI=1S/C5H11NOS2/c1-8-9-4-2-3-5(6)7/h2-4H2,1H3,(H2,6,7). The van der Waals surface area contributed by atoms with Gasteiger partial charge in [0.15, 0.2) is 0 Å². The number of carbonyl (C=O) groups excluding carboxylic acids is 1. The molecule has 2 nitrogen and oxygen atoms in total. The molecule has 0 aromatic heterocycles. The van der Waals surface area contributed by atoms with Gasteiger partial charge in [-0.3, -0.25) is 4.79 Å². The van der Waals surface area contributed by atoms with Gasteiger partial charge in [-0.25, -0.2) is 0 Å². The maximum absolute atomic E-state index is 10.2. The Morgan fingerprint density at radius 3 is 2.78 bits per heavy atom. The Balaban J connectivity index is 2.83. The van der Waals surface area contributed by atoms with Crippen molar-refractivity contribution in [2.75, 3.05) is 12.0 Å². The summed E-state index contributed by atoms with van der Waals surface area (Å²) in [5.41, 5.74) is 4.92. The Hall–Kier alpha value is 0.170. The predicted octanol–water partition coefficient (Wildman–Crippen LogP) is 1.26. The lowest BCUT2D eigenvalue weighted by Gasteiger charge is -1.93. The number of carbonyl (C=O) groups is 1. The van der Waals surface area contributed by atoms with E-state index in [0.717, 1.165) is 12.2 Å². The van der Waals surface area contributed by atoms with E-state index in [1.54, 1.807) is 21.6 Å². The number of hydrogen-bond acceptors (Lipinski definition) is 3. The molecule has 0 bridgehead atoms. The average molecular weight is 165 g/mol. The van der Waals surface area contributed by atoms with E-state index in [1.165, 1.54) is 0 Å². The summed E-state index contributed by atoms with van der Waals surface area (Å²) < 4.78 is 0. The van der Waals surface area contributed by atoms with Crippen LogP contribution in [0.1, 0.15) is 12.8 Å². The molecule has 0 radical (unpaired) electrons. The molecule has 0 saturated carbocycles. The van der Waals surface area contributed by atoms with E-state index < -0.39 is 0 Å². The Bertz CT molecular complexity index is 87.0. The highest BCUT2D eigenvalue weighted by atomic mass is 33.1. The fourth-order valence-corrected chi connectivity index (χ4v) is 1.67. The zero-order valence-electron chi connectivity index (χ0n) is 5.42. The Kier molecular flexibility index (Phi) is 6.41. The van der Waals surface area contributed by atoms with Crippen molar-refractivity contribution >= 4 is 27.5 Å². The van der Waals surface area contributed by atoms with Crippen molar-refractivity contribution in [1.82, 2.24) is 0 Å². The van der Waals surface area contributed by atoms with Gasteiger partial charge in [-0.1, -0.05) is 21.6 Å². The molecule has 0 aromatic rings. The lowest BCUT2D eigenvalue weighted by atomic mass is 10.3. The highest BCUT2D eigenvalue weighted by Crippen LogP contribution is 2.17. The minimum absolute atomic E-state index is 0.197. The molecule has 0 aliphatic carbocycles. The van der Waals surface area contributed by atoms with Crippen LogP contribution in [0.15, 0.2) is 0 Å². The number of nitrogens with two attached hydrogens (primary N) is 1. The van der Waals surface area contributed by atoms with E-state index in [-0.39, 0.29) is 5.91 Å². The van der Waals surface area contributed by atoms with E-state index in [1.807, 2.05) is 6.26 Å². The van der Waals surface area contributed by atoms with Gasteiger partial charge in [-0.05, 0) is 12.7 Å². The van der Waals surface area contributed by atoms with E-state index >= 15 is 0 Å². The van der Waals surface area contributed by atoms with Gasteiger partial charge in [0.2, 0.25) is 5.91 Å². The van der Waals surface area contributed by atoms with Crippen molar-refractivity contribution < 1.29 is 4.79 Å². The molecule has 0 aliphatic heterocycles. The van der Waals surface area contributed by atoms with Crippen LogP contribution in [0.2, 0.25) is 0 Å². The second-order valence-corrected chi connectivity index (χ2v) is 4.24. The van der Waals surface area contributed by atoms with Crippen LogP contribution in [0.5, 0.6) is 0 Å². The van der Waals surface area contributed by atoms with Gasteiger partial charge in [0, 0.05) is 12.2 Å². The molecule has 0 fully saturated rings. The van der Waals surface area contributed by atoms with Crippen molar-refractivity contribution in [3.8, 4) is 0 Å². The third-order valence-corrected chi connectivity index (χ3v) is 2.67. The van der Waals surface area contributed by atoms with Crippen LogP contribution in [0.4, 0.5) is 0 Å². The summed E-state index contributed by atoms with van der Waals surface area (Å²) >= 11 is 0. The summed E-state index contributed by atoms with van der Waals surface area (Å²) in [5, 5.41) is 0. The molecule has 0 saturated heterocycles. The first-order valence-electron chi connectivity index (χ1n) is 2.71. The summed E-state index contributed by atoms with van der Waals surface area (Å²) in [4.78, 5) is 10.2. The lowest BCUT2D eigenvalue weighted by Crippen LogP contribution is -2.09. The van der Waals surface area contributed by atoms with Crippen molar-refractivity contribution in [2.24, 2.45) is 5.73 Å². The Morgan fingerprint density at radius 1 is 1.67 bits per heavy atom. The van der Waals surface area contributed by atoms with Gasteiger partial charge in [0.1, 0.15) is 0 Å². The van der Waals surface area contributed by atoms with Gasteiger partial charge in [0.25, 0.3) is 0 Å². The maximum atomic E-state index is 10.2. The van der Waals surface area contributed by atoms with E-state index in [9.17, 15) is 4.79 Å². The monoisotopic (exact) mass is 165 g/mol. The Morgan fingerprint density at radius 2 is 2.33 bits per heavy atom. The molecule has 0 heterocycles. The lowest BCUT2D eigenvalue weighted by molar-refractivity contribution is -0.118. The average Bonchev–Trinajstić information content (AvgIpc) is 1.80. The normalized spacial score (nSPS) is 9.44. The minimum atomic E-state index is -0.197. The summed E-state index contributed by atoms with van der Waals surface area (Å²) in [6.45, 7) is 0. The second kappa shape index (κ2) is 6.29. The molecule has 4 heteroatoms. The first kappa shape index (κ1) is 9.17. The molecule has 9 heavy (non-hydrogen) atoms. The van der Waals surface area contributed by atoms with Crippen LogP contribution in [0.3, 0.4) is 0 Å². The maximum Gasteiger partial charge on any atom is 0.217 e. The van der Waals surface area contributed by atoms with Gasteiger partial charge < -0.3 is 5.73 Å². The van der Waals surface area contributed by atoms with Crippen LogP contribution in [0.25, 0.3) is 0 Å². The van der Waals surface area contributed by atoms with Crippen LogP contribution in [-0.4, -0.2) is 17.9 Å². The number of primary amides is 1. The Labute approximate surface area is 63.3 Å². The van der Waals surface area contributed by atoms with Gasteiger partial charge in [-0.2, -0.15) is 0 Å². The van der Waals surface area contributed by atoms with Crippen LogP contribution < -0.4 is 5.73 Å². The quantitative estimate of drug-likeness (QED) is 0.492. The molecule has 0 rings (SSSR count). The van der Waals surface area contributed by atoms with Crippen LogP contribution in [0, 0.1) is 0 Å². The van der Waals surface area contributed by atoms with Gasteiger partial charge >= 0.3 is 0 Å². The molecule has 0 aliphatic rings.